The molecule has 0 spiro atoms. The highest BCUT2D eigenvalue weighted by molar-refractivity contribution is 7.92. The number of anilines is 1. The Balaban J connectivity index is 2.07. The number of sulfonamides is 1. The van der Waals surface area contributed by atoms with E-state index in [1.54, 1.807) is 49.4 Å². The molecule has 2 amide bonds. The third-order valence-corrected chi connectivity index (χ3v) is 8.55. The monoisotopic (exact) mass is 567 g/mol. The largest absolute Gasteiger partial charge is 0.352 e. The fourth-order valence-electron chi connectivity index (χ4n) is 4.49. The van der Waals surface area contributed by atoms with Crippen LogP contribution in [0.1, 0.15) is 50.3 Å². The second-order valence-electron chi connectivity index (χ2n) is 10.1. The lowest BCUT2D eigenvalue weighted by atomic mass is 10.1. The number of hydrogen-bond acceptors (Lipinski definition) is 4. The molecule has 3 aromatic rings. The van der Waals surface area contributed by atoms with E-state index in [9.17, 15) is 22.4 Å². The van der Waals surface area contributed by atoms with Crippen LogP contribution in [0.3, 0.4) is 0 Å². The van der Waals surface area contributed by atoms with Crippen LogP contribution in [0.4, 0.5) is 10.1 Å². The van der Waals surface area contributed by atoms with Crippen molar-refractivity contribution in [3.8, 4) is 0 Å². The maximum Gasteiger partial charge on any atom is 0.264 e. The normalized spacial score (nSPS) is 12.8. The van der Waals surface area contributed by atoms with Crippen molar-refractivity contribution >= 4 is 27.5 Å². The lowest BCUT2D eigenvalue weighted by Crippen LogP contribution is -2.53. The molecule has 3 aromatic carbocycles. The van der Waals surface area contributed by atoms with Gasteiger partial charge in [0.25, 0.3) is 10.0 Å². The number of carbonyl (C=O) groups is 2. The van der Waals surface area contributed by atoms with Crippen LogP contribution in [0.15, 0.2) is 77.7 Å². The van der Waals surface area contributed by atoms with Crippen molar-refractivity contribution < 1.29 is 22.4 Å². The number of nitrogens with zero attached hydrogens (tertiary/aromatic N) is 2. The van der Waals surface area contributed by atoms with Crippen LogP contribution in [0.2, 0.25) is 0 Å². The molecule has 2 atom stereocenters. The first-order chi connectivity index (χ1) is 19.0. The second-order valence-corrected chi connectivity index (χ2v) is 11.9. The molecule has 0 unspecified atom stereocenters. The van der Waals surface area contributed by atoms with Crippen LogP contribution in [0, 0.1) is 19.7 Å². The van der Waals surface area contributed by atoms with Crippen molar-refractivity contribution in [1.29, 1.82) is 0 Å². The zero-order chi connectivity index (χ0) is 29.4. The molecule has 0 bridgehead atoms. The van der Waals surface area contributed by atoms with Gasteiger partial charge in [-0.1, -0.05) is 50.2 Å². The van der Waals surface area contributed by atoms with Gasteiger partial charge in [-0.25, -0.2) is 12.8 Å². The summed E-state index contributed by atoms with van der Waals surface area (Å²) in [6.45, 7) is 8.84. The van der Waals surface area contributed by atoms with Gasteiger partial charge < -0.3 is 10.2 Å². The van der Waals surface area contributed by atoms with Crippen LogP contribution >= 0.6 is 0 Å². The molecule has 0 aliphatic rings. The van der Waals surface area contributed by atoms with E-state index in [0.29, 0.717) is 24.1 Å². The fourth-order valence-corrected chi connectivity index (χ4v) is 5.91. The van der Waals surface area contributed by atoms with E-state index < -0.39 is 34.3 Å². The Morgan fingerprint density at radius 3 is 2.05 bits per heavy atom. The highest BCUT2D eigenvalue weighted by Crippen LogP contribution is 2.27. The molecule has 0 aromatic heterocycles. The Labute approximate surface area is 237 Å². The minimum Gasteiger partial charge on any atom is -0.352 e. The first kappa shape index (κ1) is 30.8. The minimum atomic E-state index is -4.13. The van der Waals surface area contributed by atoms with Crippen LogP contribution in [0.25, 0.3) is 0 Å². The Morgan fingerprint density at radius 2 is 1.50 bits per heavy atom. The fraction of sp³-hybridized carbons (Fsp3) is 0.355. The number of amides is 2. The van der Waals surface area contributed by atoms with E-state index >= 15 is 0 Å². The molecule has 0 heterocycles. The third-order valence-electron chi connectivity index (χ3n) is 6.76. The second kappa shape index (κ2) is 13.6. The van der Waals surface area contributed by atoms with E-state index in [0.717, 1.165) is 15.4 Å². The molecule has 0 radical (unpaired) electrons. The Morgan fingerprint density at radius 1 is 0.900 bits per heavy atom. The van der Waals surface area contributed by atoms with Crippen LogP contribution in [-0.2, 0) is 26.2 Å². The third kappa shape index (κ3) is 7.69. The van der Waals surface area contributed by atoms with Gasteiger partial charge in [0.2, 0.25) is 11.8 Å². The van der Waals surface area contributed by atoms with E-state index in [4.69, 9.17) is 0 Å². The smallest absolute Gasteiger partial charge is 0.264 e. The highest BCUT2D eigenvalue weighted by atomic mass is 32.2. The number of aryl methyl sites for hydroxylation is 2. The number of benzene rings is 3. The zero-order valence-corrected chi connectivity index (χ0v) is 24.5. The summed E-state index contributed by atoms with van der Waals surface area (Å²) in [5, 5.41) is 2.94. The first-order valence-corrected chi connectivity index (χ1v) is 14.9. The summed E-state index contributed by atoms with van der Waals surface area (Å²) in [4.78, 5) is 28.8. The molecule has 7 nitrogen and oxygen atoms in total. The van der Waals surface area contributed by atoms with Gasteiger partial charge in [-0.05, 0) is 86.7 Å². The van der Waals surface area contributed by atoms with Gasteiger partial charge in [0.15, 0.2) is 0 Å². The molecule has 0 fully saturated rings. The lowest BCUT2D eigenvalue weighted by Gasteiger charge is -2.34. The Hall–Kier alpha value is -3.72. The average molecular weight is 568 g/mol. The predicted octanol–water partition coefficient (Wildman–Crippen LogP) is 5.36. The predicted molar refractivity (Wildman–Crippen MR) is 156 cm³/mol. The van der Waals surface area contributed by atoms with Crippen molar-refractivity contribution in [1.82, 2.24) is 10.2 Å². The molecule has 40 heavy (non-hydrogen) atoms. The summed E-state index contributed by atoms with van der Waals surface area (Å²) in [6.07, 6.45) is 1.02. The quantitative estimate of drug-likeness (QED) is 0.319. The zero-order valence-electron chi connectivity index (χ0n) is 23.7. The van der Waals surface area contributed by atoms with Crippen molar-refractivity contribution in [2.75, 3.05) is 10.8 Å². The SMILES string of the molecule is CC[C@@H](C)NC(=O)[C@H](CC)N(Cc1ccc(F)cc1)C(=O)CN(c1cc(C)cc(C)c1)S(=O)(=O)c1ccccc1. The summed E-state index contributed by atoms with van der Waals surface area (Å²) in [5.74, 6) is -1.29. The summed E-state index contributed by atoms with van der Waals surface area (Å²) in [5.41, 5.74) is 2.67. The van der Waals surface area contributed by atoms with Crippen molar-refractivity contribution in [3.05, 3.63) is 95.3 Å². The summed E-state index contributed by atoms with van der Waals surface area (Å²) in [7, 11) is -4.13. The van der Waals surface area contributed by atoms with E-state index in [2.05, 4.69) is 5.32 Å². The highest BCUT2D eigenvalue weighted by Gasteiger charge is 2.34. The Bertz CT molecular complexity index is 1390. The van der Waals surface area contributed by atoms with Gasteiger partial charge in [-0.2, -0.15) is 0 Å². The molecule has 9 heteroatoms. The van der Waals surface area contributed by atoms with Gasteiger partial charge in [-0.3, -0.25) is 13.9 Å². The maximum absolute atomic E-state index is 14.1. The molecule has 214 valence electrons. The number of hydrogen-bond donors (Lipinski definition) is 1. The topological polar surface area (TPSA) is 86.8 Å². The van der Waals surface area contributed by atoms with Gasteiger partial charge in [0.1, 0.15) is 18.4 Å². The van der Waals surface area contributed by atoms with Crippen molar-refractivity contribution in [2.45, 2.75) is 71.0 Å². The molecule has 1 N–H and O–H groups in total. The van der Waals surface area contributed by atoms with Crippen LogP contribution in [-0.4, -0.2) is 43.8 Å². The molecular weight excluding hydrogens is 529 g/mol. The Kier molecular flexibility index (Phi) is 10.5. The molecule has 0 aliphatic heterocycles. The molecular formula is C31H38FN3O4S. The van der Waals surface area contributed by atoms with E-state index in [-0.39, 0.29) is 23.4 Å². The number of carbonyl (C=O) groups excluding carboxylic acids is 2. The van der Waals surface area contributed by atoms with Crippen LogP contribution < -0.4 is 9.62 Å². The summed E-state index contributed by atoms with van der Waals surface area (Å²) < 4.78 is 42.5. The summed E-state index contributed by atoms with van der Waals surface area (Å²) in [6, 6.07) is 18.0. The summed E-state index contributed by atoms with van der Waals surface area (Å²) >= 11 is 0. The van der Waals surface area contributed by atoms with Gasteiger partial charge in [0.05, 0.1) is 10.6 Å². The minimum absolute atomic E-state index is 0.0115. The van der Waals surface area contributed by atoms with Crippen molar-refractivity contribution in [2.24, 2.45) is 0 Å². The van der Waals surface area contributed by atoms with Crippen LogP contribution in [0.5, 0.6) is 0 Å². The average Bonchev–Trinajstić information content (AvgIpc) is 2.92. The standard InChI is InChI=1S/C31H38FN3O4S/c1-6-24(5)33-31(37)29(7-2)34(20-25-13-15-26(32)16-14-25)30(36)21-35(27-18-22(3)17-23(4)19-27)40(38,39)28-11-9-8-10-12-28/h8-19,24,29H,6-7,20-21H2,1-5H3,(H,33,37)/t24-,29+/m1/s1. The molecule has 0 aliphatic carbocycles. The van der Waals surface area contributed by atoms with Crippen molar-refractivity contribution in [3.63, 3.8) is 0 Å². The number of nitrogens with one attached hydrogen (secondary N) is 1. The number of rotatable bonds is 12. The molecule has 0 saturated carbocycles. The number of halogens is 1. The first-order valence-electron chi connectivity index (χ1n) is 13.5. The lowest BCUT2D eigenvalue weighted by molar-refractivity contribution is -0.140. The van der Waals surface area contributed by atoms with E-state index in [1.807, 2.05) is 33.8 Å². The maximum atomic E-state index is 14.1. The van der Waals surface area contributed by atoms with Gasteiger partial charge in [-0.15, -0.1) is 0 Å². The molecule has 0 saturated heterocycles. The molecule has 3 rings (SSSR count). The van der Waals surface area contributed by atoms with E-state index in [1.165, 1.54) is 29.2 Å². The van der Waals surface area contributed by atoms with Gasteiger partial charge >= 0.3 is 0 Å². The van der Waals surface area contributed by atoms with Gasteiger partial charge in [0, 0.05) is 12.6 Å².